The summed E-state index contributed by atoms with van der Waals surface area (Å²) in [4.78, 5) is 0. The lowest BCUT2D eigenvalue weighted by Gasteiger charge is -2.00. The van der Waals surface area contributed by atoms with E-state index in [0.717, 1.165) is 26.6 Å². The van der Waals surface area contributed by atoms with Gasteiger partial charge in [-0.3, -0.25) is 5.10 Å². The molecule has 2 N–H and O–H groups in total. The molecule has 1 heterocycles. The summed E-state index contributed by atoms with van der Waals surface area (Å²) in [6.45, 7) is 0. The number of phenolic OH excluding ortho intramolecular Hbond substituents is 1. The van der Waals surface area contributed by atoms with Crippen molar-refractivity contribution in [2.75, 3.05) is 0 Å². The molecule has 0 atom stereocenters. The maximum atomic E-state index is 9.50. The van der Waals surface area contributed by atoms with Crippen LogP contribution in [0, 0.1) is 0 Å². The predicted octanol–water partition coefficient (Wildman–Crippen LogP) is 3.70. The number of H-pyrrole nitrogens is 1. The molecular weight excluding hydrogens is 280 g/mol. The number of aromatic amines is 1. The first-order chi connectivity index (χ1) is 8.25. The van der Waals surface area contributed by atoms with Gasteiger partial charge in [-0.05, 0) is 24.3 Å². The zero-order valence-corrected chi connectivity index (χ0v) is 10.4. The SMILES string of the molecule is Oc1cccc(-c2n[nH]c3cccc(Br)c23)c1. The van der Waals surface area contributed by atoms with Gasteiger partial charge in [0.2, 0.25) is 0 Å². The van der Waals surface area contributed by atoms with Crippen LogP contribution >= 0.6 is 15.9 Å². The molecule has 84 valence electrons. The average Bonchev–Trinajstić information content (AvgIpc) is 2.74. The van der Waals surface area contributed by atoms with Crippen LogP contribution < -0.4 is 0 Å². The third-order valence-corrected chi connectivity index (χ3v) is 3.32. The number of fused-ring (bicyclic) bond motifs is 1. The Morgan fingerprint density at radius 1 is 1.12 bits per heavy atom. The first kappa shape index (κ1) is 10.4. The lowest BCUT2D eigenvalue weighted by molar-refractivity contribution is 0.475. The summed E-state index contributed by atoms with van der Waals surface area (Å²) in [5, 5.41) is 17.8. The van der Waals surface area contributed by atoms with Crippen molar-refractivity contribution in [3.63, 3.8) is 0 Å². The van der Waals surface area contributed by atoms with Crippen LogP contribution in [0.5, 0.6) is 5.75 Å². The summed E-state index contributed by atoms with van der Waals surface area (Å²) in [6.07, 6.45) is 0. The molecule has 3 aromatic rings. The van der Waals surface area contributed by atoms with Gasteiger partial charge < -0.3 is 5.11 Å². The zero-order chi connectivity index (χ0) is 11.8. The van der Waals surface area contributed by atoms with E-state index in [9.17, 15) is 5.11 Å². The number of nitrogens with one attached hydrogen (secondary N) is 1. The number of aromatic hydroxyl groups is 1. The highest BCUT2D eigenvalue weighted by Crippen LogP contribution is 2.32. The molecule has 17 heavy (non-hydrogen) atoms. The fraction of sp³-hybridized carbons (Fsp3) is 0. The molecule has 0 saturated heterocycles. The lowest BCUT2D eigenvalue weighted by Crippen LogP contribution is -1.79. The Kier molecular flexibility index (Phi) is 2.37. The van der Waals surface area contributed by atoms with E-state index in [2.05, 4.69) is 26.1 Å². The van der Waals surface area contributed by atoms with E-state index < -0.39 is 0 Å². The van der Waals surface area contributed by atoms with Gasteiger partial charge in [0.05, 0.1) is 5.52 Å². The van der Waals surface area contributed by atoms with Gasteiger partial charge in [0.25, 0.3) is 0 Å². The molecule has 0 saturated carbocycles. The van der Waals surface area contributed by atoms with Crippen molar-refractivity contribution in [1.29, 1.82) is 0 Å². The summed E-state index contributed by atoms with van der Waals surface area (Å²) in [5.74, 6) is 0.241. The van der Waals surface area contributed by atoms with Crippen LogP contribution in [-0.2, 0) is 0 Å². The Balaban J connectivity index is 2.31. The van der Waals surface area contributed by atoms with E-state index in [1.54, 1.807) is 12.1 Å². The molecular formula is C13H9BrN2O. The monoisotopic (exact) mass is 288 g/mol. The molecule has 0 amide bonds. The van der Waals surface area contributed by atoms with Crippen LogP contribution in [-0.4, -0.2) is 15.3 Å². The molecule has 0 aliphatic carbocycles. The number of benzene rings is 2. The van der Waals surface area contributed by atoms with Crippen LogP contribution in [0.25, 0.3) is 22.2 Å². The Hall–Kier alpha value is -1.81. The Bertz CT molecular complexity index is 691. The molecule has 3 nitrogen and oxygen atoms in total. The van der Waals surface area contributed by atoms with E-state index in [0.29, 0.717) is 0 Å². The molecule has 2 aromatic carbocycles. The highest BCUT2D eigenvalue weighted by Gasteiger charge is 2.10. The maximum absolute atomic E-state index is 9.50. The van der Waals surface area contributed by atoms with Gasteiger partial charge in [0.15, 0.2) is 0 Å². The molecule has 0 bridgehead atoms. The molecule has 0 fully saturated rings. The number of hydrogen-bond donors (Lipinski definition) is 2. The van der Waals surface area contributed by atoms with Crippen molar-refractivity contribution in [2.24, 2.45) is 0 Å². The first-order valence-electron chi connectivity index (χ1n) is 5.18. The Labute approximate surface area is 106 Å². The minimum atomic E-state index is 0.241. The summed E-state index contributed by atoms with van der Waals surface area (Å²) in [7, 11) is 0. The molecule has 0 radical (unpaired) electrons. The highest BCUT2D eigenvalue weighted by molar-refractivity contribution is 9.10. The largest absolute Gasteiger partial charge is 0.508 e. The van der Waals surface area contributed by atoms with E-state index in [-0.39, 0.29) is 5.75 Å². The second-order valence-corrected chi connectivity index (χ2v) is 4.64. The van der Waals surface area contributed by atoms with E-state index in [1.807, 2.05) is 30.3 Å². The number of phenols is 1. The predicted molar refractivity (Wildman–Crippen MR) is 70.9 cm³/mol. The number of aromatic nitrogens is 2. The Morgan fingerprint density at radius 2 is 1.94 bits per heavy atom. The van der Waals surface area contributed by atoms with E-state index in [4.69, 9.17) is 0 Å². The molecule has 0 aliphatic rings. The van der Waals surface area contributed by atoms with Crippen molar-refractivity contribution >= 4 is 26.8 Å². The standard InChI is InChI=1S/C13H9BrN2O/c14-10-5-2-6-11-12(10)13(16-15-11)8-3-1-4-9(17)7-8/h1-7,17H,(H,15,16). The zero-order valence-electron chi connectivity index (χ0n) is 8.81. The van der Waals surface area contributed by atoms with Crippen molar-refractivity contribution in [1.82, 2.24) is 10.2 Å². The van der Waals surface area contributed by atoms with Gasteiger partial charge in [-0.1, -0.05) is 34.1 Å². The van der Waals surface area contributed by atoms with Crippen molar-refractivity contribution in [3.8, 4) is 17.0 Å². The van der Waals surface area contributed by atoms with E-state index in [1.165, 1.54) is 0 Å². The van der Waals surface area contributed by atoms with Gasteiger partial charge in [0.1, 0.15) is 11.4 Å². The fourth-order valence-electron chi connectivity index (χ4n) is 1.89. The smallest absolute Gasteiger partial charge is 0.116 e. The summed E-state index contributed by atoms with van der Waals surface area (Å²) < 4.78 is 0.988. The lowest BCUT2D eigenvalue weighted by atomic mass is 10.1. The minimum Gasteiger partial charge on any atom is -0.508 e. The molecule has 4 heteroatoms. The summed E-state index contributed by atoms with van der Waals surface area (Å²) in [6, 6.07) is 13.0. The second-order valence-electron chi connectivity index (χ2n) is 3.78. The van der Waals surface area contributed by atoms with Gasteiger partial charge in [-0.2, -0.15) is 5.10 Å². The number of halogens is 1. The topological polar surface area (TPSA) is 48.9 Å². The van der Waals surface area contributed by atoms with Gasteiger partial charge in [-0.15, -0.1) is 0 Å². The van der Waals surface area contributed by atoms with Gasteiger partial charge in [-0.25, -0.2) is 0 Å². The van der Waals surface area contributed by atoms with Crippen LogP contribution in [0.15, 0.2) is 46.9 Å². The van der Waals surface area contributed by atoms with E-state index >= 15 is 0 Å². The average molecular weight is 289 g/mol. The Morgan fingerprint density at radius 3 is 2.76 bits per heavy atom. The molecule has 1 aromatic heterocycles. The van der Waals surface area contributed by atoms with Gasteiger partial charge in [0, 0.05) is 15.4 Å². The number of rotatable bonds is 1. The third kappa shape index (κ3) is 1.70. The van der Waals surface area contributed by atoms with Crippen molar-refractivity contribution in [2.45, 2.75) is 0 Å². The fourth-order valence-corrected chi connectivity index (χ4v) is 2.45. The van der Waals surface area contributed by atoms with Crippen LogP contribution in [0.4, 0.5) is 0 Å². The van der Waals surface area contributed by atoms with Crippen molar-refractivity contribution in [3.05, 3.63) is 46.9 Å². The maximum Gasteiger partial charge on any atom is 0.116 e. The quantitative estimate of drug-likeness (QED) is 0.717. The second kappa shape index (κ2) is 3.89. The highest BCUT2D eigenvalue weighted by atomic mass is 79.9. The summed E-state index contributed by atoms with van der Waals surface area (Å²) in [5.41, 5.74) is 2.70. The number of nitrogens with zero attached hydrogens (tertiary/aromatic N) is 1. The van der Waals surface area contributed by atoms with Crippen LogP contribution in [0.2, 0.25) is 0 Å². The molecule has 0 aliphatic heterocycles. The third-order valence-electron chi connectivity index (χ3n) is 2.66. The summed E-state index contributed by atoms with van der Waals surface area (Å²) >= 11 is 3.52. The first-order valence-corrected chi connectivity index (χ1v) is 5.97. The molecule has 0 spiro atoms. The normalized spacial score (nSPS) is 10.9. The molecule has 3 rings (SSSR count). The van der Waals surface area contributed by atoms with Gasteiger partial charge >= 0.3 is 0 Å². The molecule has 0 unspecified atom stereocenters. The minimum absolute atomic E-state index is 0.241. The number of hydrogen-bond acceptors (Lipinski definition) is 2. The van der Waals surface area contributed by atoms with Crippen LogP contribution in [0.3, 0.4) is 0 Å². The van der Waals surface area contributed by atoms with Crippen molar-refractivity contribution < 1.29 is 5.11 Å². The van der Waals surface area contributed by atoms with Crippen LogP contribution in [0.1, 0.15) is 0 Å².